The number of aliphatic hydroxyl groups excluding tert-OH is 2. The van der Waals surface area contributed by atoms with E-state index in [1.165, 1.54) is 0 Å². The van der Waals surface area contributed by atoms with Crippen molar-refractivity contribution < 1.29 is 19.7 Å². The average molecular weight is 251 g/mol. The second-order valence-electron chi connectivity index (χ2n) is 4.29. The molecule has 18 heavy (non-hydrogen) atoms. The second kappa shape index (κ2) is 5.37. The molecule has 0 spiro atoms. The standard InChI is InChI=1S/C13H17NO4/c1-9-13(17)14(5-2-6-15)11-4-3-10(8-16)7-12(11)18-9/h3-4,7,9,15-16H,2,5-6,8H2,1H3. The fourth-order valence-electron chi connectivity index (χ4n) is 2.01. The van der Waals surface area contributed by atoms with E-state index >= 15 is 0 Å². The van der Waals surface area contributed by atoms with Crippen molar-refractivity contribution in [2.45, 2.75) is 26.1 Å². The van der Waals surface area contributed by atoms with Gasteiger partial charge in [-0.05, 0) is 31.0 Å². The third-order valence-electron chi connectivity index (χ3n) is 2.95. The van der Waals surface area contributed by atoms with E-state index in [4.69, 9.17) is 14.9 Å². The van der Waals surface area contributed by atoms with Crippen LogP contribution in [0.5, 0.6) is 5.75 Å². The number of benzene rings is 1. The molecule has 1 aliphatic heterocycles. The molecule has 0 saturated heterocycles. The van der Waals surface area contributed by atoms with Gasteiger partial charge in [-0.3, -0.25) is 4.79 Å². The summed E-state index contributed by atoms with van der Waals surface area (Å²) in [6.45, 7) is 2.15. The summed E-state index contributed by atoms with van der Waals surface area (Å²) in [4.78, 5) is 13.6. The lowest BCUT2D eigenvalue weighted by Gasteiger charge is -2.33. The zero-order chi connectivity index (χ0) is 13.1. The molecule has 1 unspecified atom stereocenters. The molecule has 5 heteroatoms. The summed E-state index contributed by atoms with van der Waals surface area (Å²) in [7, 11) is 0. The molecule has 1 heterocycles. The summed E-state index contributed by atoms with van der Waals surface area (Å²) < 4.78 is 5.53. The summed E-state index contributed by atoms with van der Waals surface area (Å²) in [5.74, 6) is 0.499. The predicted octanol–water partition coefficient (Wildman–Crippen LogP) is 0.675. The lowest BCUT2D eigenvalue weighted by Crippen LogP contribution is -2.45. The number of rotatable bonds is 4. The molecule has 1 aliphatic rings. The molecular weight excluding hydrogens is 234 g/mol. The van der Waals surface area contributed by atoms with Gasteiger partial charge in [0, 0.05) is 13.2 Å². The molecule has 1 aromatic rings. The summed E-state index contributed by atoms with van der Waals surface area (Å²) >= 11 is 0. The van der Waals surface area contributed by atoms with Gasteiger partial charge in [0.05, 0.1) is 12.3 Å². The van der Waals surface area contributed by atoms with E-state index < -0.39 is 6.10 Å². The Labute approximate surface area is 106 Å². The highest BCUT2D eigenvalue weighted by Gasteiger charge is 2.31. The quantitative estimate of drug-likeness (QED) is 0.825. The minimum atomic E-state index is -0.537. The largest absolute Gasteiger partial charge is 0.479 e. The maximum Gasteiger partial charge on any atom is 0.267 e. The molecule has 0 saturated carbocycles. The van der Waals surface area contributed by atoms with Gasteiger partial charge < -0.3 is 19.8 Å². The number of ether oxygens (including phenoxy) is 1. The minimum absolute atomic E-state index is 0.0447. The van der Waals surface area contributed by atoms with Gasteiger partial charge in [-0.25, -0.2) is 0 Å². The summed E-state index contributed by atoms with van der Waals surface area (Å²) in [5, 5.41) is 18.0. The second-order valence-corrected chi connectivity index (χ2v) is 4.29. The van der Waals surface area contributed by atoms with E-state index in [0.717, 1.165) is 5.56 Å². The Balaban J connectivity index is 2.34. The summed E-state index contributed by atoms with van der Waals surface area (Å²) in [5.41, 5.74) is 1.45. The first-order valence-corrected chi connectivity index (χ1v) is 6.00. The SMILES string of the molecule is CC1Oc2cc(CO)ccc2N(CCCO)C1=O. The summed E-state index contributed by atoms with van der Waals surface area (Å²) in [6, 6.07) is 5.27. The maximum atomic E-state index is 12.0. The van der Waals surface area contributed by atoms with Crippen LogP contribution in [-0.2, 0) is 11.4 Å². The highest BCUT2D eigenvalue weighted by Crippen LogP contribution is 2.34. The number of carbonyl (C=O) groups excluding carboxylic acids is 1. The van der Waals surface area contributed by atoms with E-state index in [1.54, 1.807) is 30.0 Å². The number of aliphatic hydroxyl groups is 2. The lowest BCUT2D eigenvalue weighted by molar-refractivity contribution is -0.125. The van der Waals surface area contributed by atoms with Crippen molar-refractivity contribution >= 4 is 11.6 Å². The van der Waals surface area contributed by atoms with E-state index in [1.807, 2.05) is 0 Å². The Bertz CT molecular complexity index is 447. The third kappa shape index (κ3) is 2.32. The molecule has 1 aromatic carbocycles. The number of hydrogen-bond acceptors (Lipinski definition) is 4. The molecule has 5 nitrogen and oxygen atoms in total. The summed E-state index contributed by atoms with van der Waals surface area (Å²) in [6.07, 6.45) is -0.00948. The van der Waals surface area contributed by atoms with Crippen LogP contribution in [0.3, 0.4) is 0 Å². The molecule has 0 radical (unpaired) electrons. The smallest absolute Gasteiger partial charge is 0.267 e. The van der Waals surface area contributed by atoms with Gasteiger partial charge in [-0.1, -0.05) is 6.07 Å². The minimum Gasteiger partial charge on any atom is -0.479 e. The van der Waals surface area contributed by atoms with Crippen LogP contribution >= 0.6 is 0 Å². The number of nitrogens with zero attached hydrogens (tertiary/aromatic N) is 1. The fraction of sp³-hybridized carbons (Fsp3) is 0.462. The first-order chi connectivity index (χ1) is 8.67. The van der Waals surface area contributed by atoms with Crippen LogP contribution in [0.1, 0.15) is 18.9 Å². The molecule has 0 fully saturated rings. The molecule has 98 valence electrons. The zero-order valence-electron chi connectivity index (χ0n) is 10.3. The van der Waals surface area contributed by atoms with Gasteiger partial charge in [0.2, 0.25) is 0 Å². The molecule has 1 amide bonds. The highest BCUT2D eigenvalue weighted by molar-refractivity contribution is 5.99. The van der Waals surface area contributed by atoms with Crippen molar-refractivity contribution in [2.75, 3.05) is 18.1 Å². The molecule has 1 atom stereocenters. The van der Waals surface area contributed by atoms with Crippen molar-refractivity contribution in [1.82, 2.24) is 0 Å². The maximum absolute atomic E-state index is 12.0. The van der Waals surface area contributed by atoms with Gasteiger partial charge in [0.15, 0.2) is 6.10 Å². The van der Waals surface area contributed by atoms with Crippen LogP contribution in [0.2, 0.25) is 0 Å². The Morgan fingerprint density at radius 1 is 1.39 bits per heavy atom. The van der Waals surface area contributed by atoms with Crippen LogP contribution in [0, 0.1) is 0 Å². The Hall–Kier alpha value is -1.59. The first kappa shape index (κ1) is 12.9. The van der Waals surface area contributed by atoms with Crippen molar-refractivity contribution in [1.29, 1.82) is 0 Å². The zero-order valence-corrected chi connectivity index (χ0v) is 10.3. The number of carbonyl (C=O) groups is 1. The van der Waals surface area contributed by atoms with Crippen LogP contribution in [-0.4, -0.2) is 35.4 Å². The van der Waals surface area contributed by atoms with E-state index in [-0.39, 0.29) is 19.1 Å². The molecule has 0 bridgehead atoms. The van der Waals surface area contributed by atoms with Crippen LogP contribution in [0.4, 0.5) is 5.69 Å². The fourth-order valence-corrected chi connectivity index (χ4v) is 2.01. The normalized spacial score (nSPS) is 18.5. The predicted molar refractivity (Wildman–Crippen MR) is 66.5 cm³/mol. The average Bonchev–Trinajstić information content (AvgIpc) is 2.39. The first-order valence-electron chi connectivity index (χ1n) is 6.00. The van der Waals surface area contributed by atoms with Gasteiger partial charge in [0.25, 0.3) is 5.91 Å². The van der Waals surface area contributed by atoms with E-state index in [9.17, 15) is 4.79 Å². The van der Waals surface area contributed by atoms with Crippen LogP contribution in [0.25, 0.3) is 0 Å². The third-order valence-corrected chi connectivity index (χ3v) is 2.95. The Kier molecular flexibility index (Phi) is 3.84. The highest BCUT2D eigenvalue weighted by atomic mass is 16.5. The van der Waals surface area contributed by atoms with Crippen molar-refractivity contribution in [3.05, 3.63) is 23.8 Å². The molecule has 2 rings (SSSR count). The van der Waals surface area contributed by atoms with Crippen LogP contribution in [0.15, 0.2) is 18.2 Å². The van der Waals surface area contributed by atoms with Crippen molar-refractivity contribution in [2.24, 2.45) is 0 Å². The molecular formula is C13H17NO4. The van der Waals surface area contributed by atoms with E-state index in [0.29, 0.717) is 24.4 Å². The van der Waals surface area contributed by atoms with Crippen molar-refractivity contribution in [3.8, 4) is 5.75 Å². The number of amides is 1. The molecule has 2 N–H and O–H groups in total. The molecule has 0 aliphatic carbocycles. The number of hydrogen-bond donors (Lipinski definition) is 2. The van der Waals surface area contributed by atoms with E-state index in [2.05, 4.69) is 0 Å². The van der Waals surface area contributed by atoms with Gasteiger partial charge in [-0.2, -0.15) is 0 Å². The Morgan fingerprint density at radius 2 is 2.17 bits per heavy atom. The number of fused-ring (bicyclic) bond motifs is 1. The lowest BCUT2D eigenvalue weighted by atomic mass is 10.1. The topological polar surface area (TPSA) is 70.0 Å². The van der Waals surface area contributed by atoms with Crippen LogP contribution < -0.4 is 9.64 Å². The van der Waals surface area contributed by atoms with Crippen molar-refractivity contribution in [3.63, 3.8) is 0 Å². The van der Waals surface area contributed by atoms with Gasteiger partial charge in [-0.15, -0.1) is 0 Å². The monoisotopic (exact) mass is 251 g/mol. The Morgan fingerprint density at radius 3 is 2.83 bits per heavy atom. The van der Waals surface area contributed by atoms with Gasteiger partial charge >= 0.3 is 0 Å². The van der Waals surface area contributed by atoms with Gasteiger partial charge in [0.1, 0.15) is 5.75 Å². The number of anilines is 1. The molecule has 0 aromatic heterocycles.